The van der Waals surface area contributed by atoms with Crippen LogP contribution in [0.15, 0.2) is 5.38 Å². The number of nitrogens with one attached hydrogen (secondary N) is 1. The highest BCUT2D eigenvalue weighted by Gasteiger charge is 2.34. The third kappa shape index (κ3) is 4.36. The van der Waals surface area contributed by atoms with Gasteiger partial charge in [-0.3, -0.25) is 9.59 Å². The Labute approximate surface area is 150 Å². The summed E-state index contributed by atoms with van der Waals surface area (Å²) in [6, 6.07) is -0.725. The number of likely N-dealkylation sites (tertiary alicyclic amines) is 1. The highest BCUT2D eigenvalue weighted by atomic mass is 32.1. The van der Waals surface area contributed by atoms with Crippen LogP contribution in [-0.2, 0) is 20.8 Å². The summed E-state index contributed by atoms with van der Waals surface area (Å²) < 4.78 is 0. The number of anilines is 1. The molecule has 2 heterocycles. The minimum absolute atomic E-state index is 0.0115. The minimum atomic E-state index is -0.954. The van der Waals surface area contributed by atoms with Gasteiger partial charge in [-0.15, -0.1) is 11.3 Å². The average molecular weight is 365 g/mol. The average Bonchev–Trinajstić information content (AvgIpc) is 3.25. The van der Waals surface area contributed by atoms with E-state index in [2.05, 4.69) is 10.3 Å². The topological polar surface area (TPSA) is 99.6 Å². The number of amides is 2. The fourth-order valence-electron chi connectivity index (χ4n) is 3.60. The monoisotopic (exact) mass is 365 g/mol. The van der Waals surface area contributed by atoms with Gasteiger partial charge in [0.1, 0.15) is 6.04 Å². The number of aliphatic carboxylic acids is 1. The van der Waals surface area contributed by atoms with Crippen molar-refractivity contribution in [1.82, 2.24) is 9.88 Å². The van der Waals surface area contributed by atoms with Crippen LogP contribution in [0.3, 0.4) is 0 Å². The predicted molar refractivity (Wildman–Crippen MR) is 93.4 cm³/mol. The number of hydrogen-bond donors (Lipinski definition) is 2. The summed E-state index contributed by atoms with van der Waals surface area (Å²) in [4.78, 5) is 41.5. The van der Waals surface area contributed by atoms with Crippen LogP contribution in [0.4, 0.5) is 5.13 Å². The van der Waals surface area contributed by atoms with E-state index < -0.39 is 12.0 Å². The van der Waals surface area contributed by atoms with Crippen molar-refractivity contribution in [1.29, 1.82) is 0 Å². The van der Waals surface area contributed by atoms with Crippen LogP contribution in [-0.4, -0.2) is 45.4 Å². The molecule has 0 bridgehead atoms. The molecule has 2 fully saturated rings. The molecule has 2 amide bonds. The maximum atomic E-state index is 12.3. The van der Waals surface area contributed by atoms with Crippen LogP contribution >= 0.6 is 11.3 Å². The molecule has 2 N–H and O–H groups in total. The quantitative estimate of drug-likeness (QED) is 0.834. The fourth-order valence-corrected chi connectivity index (χ4v) is 4.31. The lowest BCUT2D eigenvalue weighted by molar-refractivity contribution is -0.148. The SMILES string of the molecule is O=C(Nc1nc(CC(=O)N2CCCC2C(=O)O)cs1)C1CCCCC1. The molecule has 136 valence electrons. The Morgan fingerprint density at radius 3 is 2.68 bits per heavy atom. The molecule has 1 unspecified atom stereocenters. The number of thiazole rings is 1. The second-order valence-electron chi connectivity index (χ2n) is 6.73. The summed E-state index contributed by atoms with van der Waals surface area (Å²) in [6.45, 7) is 0.477. The Kier molecular flexibility index (Phi) is 5.67. The Morgan fingerprint density at radius 2 is 1.96 bits per heavy atom. The molecule has 1 aromatic heterocycles. The molecular weight excluding hydrogens is 342 g/mol. The van der Waals surface area contributed by atoms with Gasteiger partial charge in [-0.25, -0.2) is 9.78 Å². The standard InChI is InChI=1S/C17H23N3O4S/c21-14(20-8-4-7-13(20)16(23)24)9-12-10-25-17(18-12)19-15(22)11-5-2-1-3-6-11/h10-11,13H,1-9H2,(H,23,24)(H,18,19,22). The van der Waals surface area contributed by atoms with E-state index >= 15 is 0 Å². The highest BCUT2D eigenvalue weighted by Crippen LogP contribution is 2.26. The van der Waals surface area contributed by atoms with E-state index in [1.807, 2.05) is 0 Å². The number of hydrogen-bond acceptors (Lipinski definition) is 5. The van der Waals surface area contributed by atoms with Gasteiger partial charge in [-0.1, -0.05) is 19.3 Å². The van der Waals surface area contributed by atoms with Crippen molar-refractivity contribution < 1.29 is 19.5 Å². The zero-order chi connectivity index (χ0) is 17.8. The third-order valence-corrected chi connectivity index (χ3v) is 5.75. The first kappa shape index (κ1) is 17.8. The largest absolute Gasteiger partial charge is 0.480 e. The summed E-state index contributed by atoms with van der Waals surface area (Å²) in [5, 5.41) is 14.3. The predicted octanol–water partition coefficient (Wildman–Crippen LogP) is 2.28. The lowest BCUT2D eigenvalue weighted by atomic mass is 9.89. The van der Waals surface area contributed by atoms with Gasteiger partial charge in [-0.2, -0.15) is 0 Å². The van der Waals surface area contributed by atoms with Crippen LogP contribution in [0.25, 0.3) is 0 Å². The van der Waals surface area contributed by atoms with Crippen molar-refractivity contribution in [3.8, 4) is 0 Å². The molecule has 2 aliphatic rings. The van der Waals surface area contributed by atoms with Gasteiger partial charge in [0.2, 0.25) is 11.8 Å². The van der Waals surface area contributed by atoms with Crippen molar-refractivity contribution in [3.63, 3.8) is 0 Å². The summed E-state index contributed by atoms with van der Waals surface area (Å²) in [5.41, 5.74) is 0.574. The minimum Gasteiger partial charge on any atom is -0.480 e. The summed E-state index contributed by atoms with van der Waals surface area (Å²) >= 11 is 1.30. The Balaban J connectivity index is 1.55. The molecule has 0 radical (unpaired) electrons. The molecule has 1 atom stereocenters. The maximum Gasteiger partial charge on any atom is 0.326 e. The van der Waals surface area contributed by atoms with Crippen LogP contribution in [0.5, 0.6) is 0 Å². The molecule has 8 heteroatoms. The smallest absolute Gasteiger partial charge is 0.326 e. The molecule has 3 rings (SSSR count). The zero-order valence-electron chi connectivity index (χ0n) is 14.1. The van der Waals surface area contributed by atoms with Gasteiger partial charge < -0.3 is 15.3 Å². The van der Waals surface area contributed by atoms with Gasteiger partial charge in [0.15, 0.2) is 5.13 Å². The Morgan fingerprint density at radius 1 is 1.20 bits per heavy atom. The van der Waals surface area contributed by atoms with Crippen LogP contribution in [0.1, 0.15) is 50.6 Å². The van der Waals surface area contributed by atoms with Gasteiger partial charge in [-0.05, 0) is 25.7 Å². The molecule has 0 aromatic carbocycles. The zero-order valence-corrected chi connectivity index (χ0v) is 14.9. The number of nitrogens with zero attached hydrogens (tertiary/aromatic N) is 2. The van der Waals surface area contributed by atoms with Crippen molar-refractivity contribution in [2.45, 2.75) is 57.4 Å². The summed E-state index contributed by atoms with van der Waals surface area (Å²) in [5.74, 6) is -1.11. The number of carboxylic acids is 1. The molecule has 1 aromatic rings. The van der Waals surface area contributed by atoms with Crippen molar-refractivity contribution in [3.05, 3.63) is 11.1 Å². The second-order valence-corrected chi connectivity index (χ2v) is 7.59. The first-order valence-corrected chi connectivity index (χ1v) is 9.70. The first-order valence-electron chi connectivity index (χ1n) is 8.82. The van der Waals surface area contributed by atoms with E-state index in [4.69, 9.17) is 0 Å². The lowest BCUT2D eigenvalue weighted by Gasteiger charge is -2.21. The van der Waals surface area contributed by atoms with E-state index in [1.54, 1.807) is 5.38 Å². The molecule has 7 nitrogen and oxygen atoms in total. The van der Waals surface area contributed by atoms with E-state index in [1.165, 1.54) is 22.7 Å². The summed E-state index contributed by atoms with van der Waals surface area (Å²) in [6.07, 6.45) is 6.51. The van der Waals surface area contributed by atoms with Crippen LogP contribution < -0.4 is 5.32 Å². The van der Waals surface area contributed by atoms with Gasteiger partial charge in [0.25, 0.3) is 0 Å². The van der Waals surface area contributed by atoms with Gasteiger partial charge in [0, 0.05) is 17.8 Å². The van der Waals surface area contributed by atoms with E-state index in [9.17, 15) is 19.5 Å². The number of aromatic nitrogens is 1. The number of carbonyl (C=O) groups excluding carboxylic acids is 2. The van der Waals surface area contributed by atoms with Crippen molar-refractivity contribution in [2.24, 2.45) is 5.92 Å². The molecule has 1 aliphatic carbocycles. The summed E-state index contributed by atoms with van der Waals surface area (Å²) in [7, 11) is 0. The van der Waals surface area contributed by atoms with Crippen molar-refractivity contribution in [2.75, 3.05) is 11.9 Å². The maximum absolute atomic E-state index is 12.3. The molecule has 0 spiro atoms. The lowest BCUT2D eigenvalue weighted by Crippen LogP contribution is -2.41. The van der Waals surface area contributed by atoms with Crippen LogP contribution in [0.2, 0.25) is 0 Å². The Bertz CT molecular complexity index is 654. The van der Waals surface area contributed by atoms with E-state index in [0.717, 1.165) is 25.7 Å². The normalized spacial score (nSPS) is 21.3. The molecule has 1 saturated heterocycles. The number of rotatable bonds is 5. The fraction of sp³-hybridized carbons (Fsp3) is 0.647. The van der Waals surface area contributed by atoms with Crippen LogP contribution in [0, 0.1) is 5.92 Å². The van der Waals surface area contributed by atoms with Crippen molar-refractivity contribution >= 4 is 34.3 Å². The number of carbonyl (C=O) groups is 3. The van der Waals surface area contributed by atoms with E-state index in [-0.39, 0.29) is 24.2 Å². The van der Waals surface area contributed by atoms with E-state index in [0.29, 0.717) is 30.2 Å². The van der Waals surface area contributed by atoms with Gasteiger partial charge >= 0.3 is 5.97 Å². The highest BCUT2D eigenvalue weighted by molar-refractivity contribution is 7.13. The Hall–Kier alpha value is -1.96. The molecule has 1 aliphatic heterocycles. The third-order valence-electron chi connectivity index (χ3n) is 4.95. The van der Waals surface area contributed by atoms with Gasteiger partial charge in [0.05, 0.1) is 12.1 Å². The second kappa shape index (κ2) is 7.95. The first-order chi connectivity index (χ1) is 12.0. The molecular formula is C17H23N3O4S. The molecule has 1 saturated carbocycles. The number of carboxylic acid groups (broad SMARTS) is 1. The molecule has 25 heavy (non-hydrogen) atoms.